The maximum atomic E-state index is 6.22. The summed E-state index contributed by atoms with van der Waals surface area (Å²) in [5.41, 5.74) is 8.49. The van der Waals surface area contributed by atoms with Gasteiger partial charge in [0, 0.05) is 37.8 Å². The number of guanidine groups is 1. The van der Waals surface area contributed by atoms with Crippen molar-refractivity contribution in [2.75, 3.05) is 31.1 Å². The van der Waals surface area contributed by atoms with Gasteiger partial charge in [0.25, 0.3) is 0 Å². The van der Waals surface area contributed by atoms with Gasteiger partial charge in [-0.3, -0.25) is 0 Å². The summed E-state index contributed by atoms with van der Waals surface area (Å²) in [6.45, 7) is 4.69. The second-order valence-electron chi connectivity index (χ2n) is 6.88. The fraction of sp³-hybridized carbons (Fsp3) is 0.273. The molecule has 1 aliphatic rings. The van der Waals surface area contributed by atoms with E-state index in [1.54, 1.807) is 11.3 Å². The van der Waals surface area contributed by atoms with Crippen LogP contribution in [0.5, 0.6) is 5.75 Å². The van der Waals surface area contributed by atoms with E-state index < -0.39 is 0 Å². The lowest BCUT2D eigenvalue weighted by Crippen LogP contribution is -2.51. The molecule has 2 heterocycles. The highest BCUT2D eigenvalue weighted by Crippen LogP contribution is 2.19. The van der Waals surface area contributed by atoms with Crippen LogP contribution < -0.4 is 15.4 Å². The molecule has 3 aromatic rings. The predicted octanol–water partition coefficient (Wildman–Crippen LogP) is 3.36. The Hall–Kier alpha value is -3.06. The van der Waals surface area contributed by atoms with Crippen molar-refractivity contribution in [3.05, 3.63) is 77.3 Å². The van der Waals surface area contributed by atoms with E-state index in [9.17, 15) is 0 Å². The molecule has 0 unspecified atom stereocenters. The first-order valence-electron chi connectivity index (χ1n) is 9.73. The summed E-state index contributed by atoms with van der Waals surface area (Å²) >= 11 is 1.67. The first-order chi connectivity index (χ1) is 14.3. The number of nitrogens with zero attached hydrogens (tertiary/aromatic N) is 4. The van der Waals surface area contributed by atoms with Gasteiger partial charge in [0.1, 0.15) is 12.4 Å². The van der Waals surface area contributed by atoms with Gasteiger partial charge >= 0.3 is 0 Å². The summed E-state index contributed by atoms with van der Waals surface area (Å²) in [6.07, 6.45) is 1.85. The first-order valence-corrected chi connectivity index (χ1v) is 10.6. The summed E-state index contributed by atoms with van der Waals surface area (Å²) in [6, 6.07) is 18.2. The molecule has 29 heavy (non-hydrogen) atoms. The van der Waals surface area contributed by atoms with Gasteiger partial charge < -0.3 is 20.3 Å². The minimum Gasteiger partial charge on any atom is -0.489 e. The molecular formula is C22H25N5OS. The maximum absolute atomic E-state index is 6.22. The number of hydrogen-bond donors (Lipinski definition) is 1. The Bertz CT molecular complexity index is 904. The van der Waals surface area contributed by atoms with Crippen LogP contribution in [0.3, 0.4) is 0 Å². The van der Waals surface area contributed by atoms with Gasteiger partial charge in [-0.2, -0.15) is 0 Å². The Morgan fingerprint density at radius 1 is 1.00 bits per heavy atom. The molecule has 4 rings (SSSR count). The van der Waals surface area contributed by atoms with Crippen molar-refractivity contribution in [1.82, 2.24) is 9.88 Å². The Morgan fingerprint density at radius 3 is 2.45 bits per heavy atom. The quantitative estimate of drug-likeness (QED) is 0.501. The van der Waals surface area contributed by atoms with Crippen molar-refractivity contribution in [1.29, 1.82) is 0 Å². The molecule has 1 aromatic heterocycles. The van der Waals surface area contributed by atoms with Gasteiger partial charge in [-0.1, -0.05) is 42.5 Å². The van der Waals surface area contributed by atoms with Crippen LogP contribution in [-0.2, 0) is 13.2 Å². The molecule has 0 amide bonds. The lowest BCUT2D eigenvalue weighted by molar-refractivity contribution is 0.306. The van der Waals surface area contributed by atoms with Crippen LogP contribution in [0.1, 0.15) is 11.1 Å². The summed E-state index contributed by atoms with van der Waals surface area (Å²) < 4.78 is 5.83. The third kappa shape index (κ3) is 5.26. The molecule has 0 saturated carbocycles. The molecule has 2 aromatic carbocycles. The number of benzene rings is 2. The van der Waals surface area contributed by atoms with Crippen molar-refractivity contribution in [3.63, 3.8) is 0 Å². The molecule has 1 fully saturated rings. The van der Waals surface area contributed by atoms with Gasteiger partial charge in [0.05, 0.1) is 6.54 Å². The minimum atomic E-state index is 0.567. The topological polar surface area (TPSA) is 67.0 Å². The molecule has 0 spiro atoms. The van der Waals surface area contributed by atoms with Crippen molar-refractivity contribution in [2.24, 2.45) is 10.7 Å². The molecule has 0 radical (unpaired) electrons. The van der Waals surface area contributed by atoms with Crippen molar-refractivity contribution < 1.29 is 4.74 Å². The lowest BCUT2D eigenvalue weighted by Gasteiger charge is -2.35. The third-order valence-electron chi connectivity index (χ3n) is 4.89. The number of ether oxygens (including phenoxy) is 1. The zero-order valence-corrected chi connectivity index (χ0v) is 17.1. The second kappa shape index (κ2) is 9.43. The number of piperazine rings is 1. The SMILES string of the molecule is NC(=NCc1ccc(OCc2ccccc2)cc1)N1CCN(c2nccs2)CC1. The van der Waals surface area contributed by atoms with E-state index in [0.717, 1.165) is 48.2 Å². The summed E-state index contributed by atoms with van der Waals surface area (Å²) in [4.78, 5) is 13.4. The number of aliphatic imine (C=N–C) groups is 1. The smallest absolute Gasteiger partial charge is 0.191 e. The maximum Gasteiger partial charge on any atom is 0.191 e. The van der Waals surface area contributed by atoms with Crippen LogP contribution in [0.2, 0.25) is 0 Å². The molecule has 150 valence electrons. The molecule has 1 saturated heterocycles. The van der Waals surface area contributed by atoms with Gasteiger partial charge in [-0.05, 0) is 23.3 Å². The number of hydrogen-bond acceptors (Lipinski definition) is 5. The summed E-state index contributed by atoms with van der Waals surface area (Å²) in [7, 11) is 0. The molecule has 7 heteroatoms. The number of anilines is 1. The fourth-order valence-corrected chi connectivity index (χ4v) is 3.90. The molecule has 2 N–H and O–H groups in total. The summed E-state index contributed by atoms with van der Waals surface area (Å²) in [5.74, 6) is 1.46. The van der Waals surface area contributed by atoms with E-state index in [1.807, 2.05) is 54.0 Å². The van der Waals surface area contributed by atoms with E-state index in [4.69, 9.17) is 10.5 Å². The van der Waals surface area contributed by atoms with Gasteiger partial charge in [0.2, 0.25) is 0 Å². The van der Waals surface area contributed by atoms with E-state index in [2.05, 4.69) is 31.9 Å². The van der Waals surface area contributed by atoms with Crippen LogP contribution in [0.4, 0.5) is 5.13 Å². The van der Waals surface area contributed by atoms with Gasteiger partial charge in [-0.25, -0.2) is 9.98 Å². The zero-order chi connectivity index (χ0) is 19.9. The van der Waals surface area contributed by atoms with Crippen LogP contribution in [-0.4, -0.2) is 42.0 Å². The average Bonchev–Trinajstić information content (AvgIpc) is 3.33. The van der Waals surface area contributed by atoms with E-state index >= 15 is 0 Å². The molecular weight excluding hydrogens is 382 g/mol. The normalized spacial score (nSPS) is 14.8. The predicted molar refractivity (Wildman–Crippen MR) is 118 cm³/mol. The van der Waals surface area contributed by atoms with Crippen molar-refractivity contribution in [3.8, 4) is 5.75 Å². The van der Waals surface area contributed by atoms with Crippen molar-refractivity contribution in [2.45, 2.75) is 13.2 Å². The highest BCUT2D eigenvalue weighted by molar-refractivity contribution is 7.13. The Labute approximate surface area is 175 Å². The standard InChI is InChI=1S/C22H25N5OS/c23-21(26-11-13-27(14-12-26)22-24-10-15-29-22)25-16-18-6-8-20(9-7-18)28-17-19-4-2-1-3-5-19/h1-10,15H,11-14,16-17H2,(H2,23,25). The first kappa shape index (κ1) is 19.3. The number of thiazole rings is 1. The highest BCUT2D eigenvalue weighted by Gasteiger charge is 2.19. The Kier molecular flexibility index (Phi) is 6.26. The van der Waals surface area contributed by atoms with Gasteiger partial charge in [-0.15, -0.1) is 11.3 Å². The van der Waals surface area contributed by atoms with E-state index in [0.29, 0.717) is 19.1 Å². The van der Waals surface area contributed by atoms with Crippen LogP contribution >= 0.6 is 11.3 Å². The molecule has 6 nitrogen and oxygen atoms in total. The number of rotatable bonds is 6. The van der Waals surface area contributed by atoms with Crippen LogP contribution in [0, 0.1) is 0 Å². The Morgan fingerprint density at radius 2 is 1.76 bits per heavy atom. The van der Waals surface area contributed by atoms with E-state index in [-0.39, 0.29) is 0 Å². The number of aromatic nitrogens is 1. The third-order valence-corrected chi connectivity index (χ3v) is 5.72. The summed E-state index contributed by atoms with van der Waals surface area (Å²) in [5, 5.41) is 3.09. The van der Waals surface area contributed by atoms with Crippen molar-refractivity contribution >= 4 is 22.4 Å². The molecule has 0 atom stereocenters. The molecule has 0 aliphatic carbocycles. The lowest BCUT2D eigenvalue weighted by atomic mass is 10.2. The number of nitrogens with two attached hydrogens (primary N) is 1. The van der Waals surface area contributed by atoms with Crippen LogP contribution in [0.15, 0.2) is 71.2 Å². The average molecular weight is 408 g/mol. The largest absolute Gasteiger partial charge is 0.489 e. The Balaban J connectivity index is 1.25. The zero-order valence-electron chi connectivity index (χ0n) is 16.3. The van der Waals surface area contributed by atoms with Crippen LogP contribution in [0.25, 0.3) is 0 Å². The fourth-order valence-electron chi connectivity index (χ4n) is 3.20. The molecule has 0 bridgehead atoms. The molecule has 1 aliphatic heterocycles. The monoisotopic (exact) mass is 407 g/mol. The highest BCUT2D eigenvalue weighted by atomic mass is 32.1. The van der Waals surface area contributed by atoms with E-state index in [1.165, 1.54) is 0 Å². The minimum absolute atomic E-state index is 0.567. The van der Waals surface area contributed by atoms with Gasteiger partial charge in [0.15, 0.2) is 11.1 Å². The second-order valence-corrected chi connectivity index (χ2v) is 7.75.